The molecule has 1 N–H and O–H groups in total. The number of nitro benzene ring substituents is 1. The van der Waals surface area contributed by atoms with Crippen LogP contribution in [-0.2, 0) is 11.3 Å². The van der Waals surface area contributed by atoms with E-state index >= 15 is 0 Å². The minimum absolute atomic E-state index is 0.0375. The molecular formula is C23H20N4O6S2. The fourth-order valence-corrected chi connectivity index (χ4v) is 5.23. The van der Waals surface area contributed by atoms with Gasteiger partial charge in [-0.2, -0.15) is 0 Å². The van der Waals surface area contributed by atoms with Gasteiger partial charge in [0.25, 0.3) is 5.56 Å². The number of hydrogen-bond donors (Lipinski definition) is 1. The number of ether oxygens (including phenoxy) is 1. The number of aromatic nitrogens is 2. The van der Waals surface area contributed by atoms with Crippen LogP contribution in [0.4, 0.5) is 11.4 Å². The lowest BCUT2D eigenvalue weighted by Crippen LogP contribution is -2.23. The normalized spacial score (nSPS) is 10.9. The molecule has 180 valence electrons. The largest absolute Gasteiger partial charge is 0.490 e. The van der Waals surface area contributed by atoms with Gasteiger partial charge in [0.05, 0.1) is 29.4 Å². The van der Waals surface area contributed by atoms with Crippen molar-refractivity contribution in [1.29, 1.82) is 0 Å². The number of carbonyl (C=O) groups excluding carboxylic acids is 1. The summed E-state index contributed by atoms with van der Waals surface area (Å²) in [5.74, 6) is 0.218. The Kier molecular flexibility index (Phi) is 7.03. The number of anilines is 1. The highest BCUT2D eigenvalue weighted by molar-refractivity contribution is 7.99. The van der Waals surface area contributed by atoms with Crippen molar-refractivity contribution in [2.24, 2.45) is 0 Å². The minimum Gasteiger partial charge on any atom is -0.490 e. The van der Waals surface area contributed by atoms with Crippen molar-refractivity contribution >= 4 is 50.6 Å². The Labute approximate surface area is 207 Å². The number of thioether (sulfide) groups is 1. The number of nitro groups is 1. The van der Waals surface area contributed by atoms with E-state index < -0.39 is 4.92 Å². The SMILES string of the molecule is C=CCn1c(SCC(=O)Nc2cc(OC)c([N+](=O)[O-])cc2C)nc2scc(-c3ccco3)c2c1=O. The molecular weight excluding hydrogens is 492 g/mol. The Morgan fingerprint density at radius 3 is 2.91 bits per heavy atom. The molecule has 12 heteroatoms. The number of hydrogen-bond acceptors (Lipinski definition) is 9. The first-order valence-corrected chi connectivity index (χ1v) is 12.1. The van der Waals surface area contributed by atoms with Crippen molar-refractivity contribution in [3.63, 3.8) is 0 Å². The van der Waals surface area contributed by atoms with Gasteiger partial charge >= 0.3 is 5.69 Å². The van der Waals surface area contributed by atoms with Crippen LogP contribution in [0.3, 0.4) is 0 Å². The summed E-state index contributed by atoms with van der Waals surface area (Å²) < 4.78 is 12.0. The Morgan fingerprint density at radius 2 is 2.26 bits per heavy atom. The number of methoxy groups -OCH3 is 1. The van der Waals surface area contributed by atoms with E-state index in [0.29, 0.717) is 37.9 Å². The molecule has 35 heavy (non-hydrogen) atoms. The van der Waals surface area contributed by atoms with Crippen LogP contribution in [0, 0.1) is 17.0 Å². The van der Waals surface area contributed by atoms with Crippen LogP contribution in [0.1, 0.15) is 5.56 Å². The third kappa shape index (κ3) is 4.84. The van der Waals surface area contributed by atoms with Crippen LogP contribution in [0.15, 0.2) is 62.9 Å². The van der Waals surface area contributed by atoms with Gasteiger partial charge in [-0.1, -0.05) is 17.8 Å². The first-order valence-electron chi connectivity index (χ1n) is 10.3. The zero-order valence-corrected chi connectivity index (χ0v) is 20.4. The third-order valence-corrected chi connectivity index (χ3v) is 6.93. The molecule has 0 saturated carbocycles. The molecule has 0 saturated heterocycles. The van der Waals surface area contributed by atoms with Gasteiger partial charge in [-0.15, -0.1) is 17.9 Å². The van der Waals surface area contributed by atoms with Crippen molar-refractivity contribution in [1.82, 2.24) is 9.55 Å². The molecule has 3 aromatic heterocycles. The molecule has 0 radical (unpaired) electrons. The highest BCUT2D eigenvalue weighted by Gasteiger charge is 2.21. The number of carbonyl (C=O) groups is 1. The second kappa shape index (κ2) is 10.2. The number of benzene rings is 1. The predicted molar refractivity (Wildman–Crippen MR) is 136 cm³/mol. The van der Waals surface area contributed by atoms with E-state index in [1.54, 1.807) is 31.4 Å². The zero-order valence-electron chi connectivity index (χ0n) is 18.8. The van der Waals surface area contributed by atoms with E-state index in [0.717, 1.165) is 11.8 Å². The van der Waals surface area contributed by atoms with Gasteiger partial charge in [0.15, 0.2) is 10.9 Å². The Morgan fingerprint density at radius 1 is 1.46 bits per heavy atom. The Balaban J connectivity index is 1.59. The van der Waals surface area contributed by atoms with E-state index in [4.69, 9.17) is 9.15 Å². The average Bonchev–Trinajstić information content (AvgIpc) is 3.50. The molecule has 0 spiro atoms. The molecule has 0 aliphatic rings. The minimum atomic E-state index is -0.546. The van der Waals surface area contributed by atoms with Crippen LogP contribution in [0.5, 0.6) is 5.75 Å². The number of amides is 1. The number of furan rings is 1. The summed E-state index contributed by atoms with van der Waals surface area (Å²) in [4.78, 5) is 41.8. The lowest BCUT2D eigenvalue weighted by atomic mass is 10.1. The summed E-state index contributed by atoms with van der Waals surface area (Å²) in [5.41, 5.74) is 1.14. The summed E-state index contributed by atoms with van der Waals surface area (Å²) in [6, 6.07) is 6.28. The molecule has 4 aromatic rings. The number of nitrogens with zero attached hydrogens (tertiary/aromatic N) is 3. The molecule has 1 amide bonds. The molecule has 3 heterocycles. The third-order valence-electron chi connectivity index (χ3n) is 5.09. The van der Waals surface area contributed by atoms with Crippen LogP contribution in [0.25, 0.3) is 21.5 Å². The van der Waals surface area contributed by atoms with Crippen LogP contribution in [0.2, 0.25) is 0 Å². The number of aryl methyl sites for hydroxylation is 1. The highest BCUT2D eigenvalue weighted by Crippen LogP contribution is 2.34. The number of rotatable bonds is 9. The zero-order chi connectivity index (χ0) is 25.1. The van der Waals surface area contributed by atoms with E-state index in [9.17, 15) is 19.7 Å². The maximum absolute atomic E-state index is 13.3. The van der Waals surface area contributed by atoms with Crippen molar-refractivity contribution in [2.45, 2.75) is 18.6 Å². The summed E-state index contributed by atoms with van der Waals surface area (Å²) in [6.45, 7) is 5.60. The quantitative estimate of drug-likeness (QED) is 0.111. The number of thiophene rings is 1. The second-order valence-electron chi connectivity index (χ2n) is 7.34. The second-order valence-corrected chi connectivity index (χ2v) is 9.14. The van der Waals surface area contributed by atoms with Gasteiger partial charge in [-0.05, 0) is 24.6 Å². The molecule has 0 fully saturated rings. The van der Waals surface area contributed by atoms with E-state index in [1.165, 1.54) is 35.1 Å². The van der Waals surface area contributed by atoms with Gasteiger partial charge in [0.2, 0.25) is 5.91 Å². The molecule has 0 aliphatic heterocycles. The van der Waals surface area contributed by atoms with E-state index in [1.807, 2.05) is 5.38 Å². The topological polar surface area (TPSA) is 130 Å². The van der Waals surface area contributed by atoms with Crippen LogP contribution < -0.4 is 15.6 Å². The van der Waals surface area contributed by atoms with Crippen LogP contribution in [-0.4, -0.2) is 33.2 Å². The van der Waals surface area contributed by atoms with Crippen molar-refractivity contribution in [3.8, 4) is 17.1 Å². The van der Waals surface area contributed by atoms with Gasteiger partial charge in [-0.25, -0.2) is 4.98 Å². The number of nitrogens with one attached hydrogen (secondary N) is 1. The fourth-order valence-electron chi connectivity index (χ4n) is 3.45. The maximum atomic E-state index is 13.3. The Hall–Kier alpha value is -3.90. The number of allylic oxidation sites excluding steroid dienone is 1. The molecule has 0 unspecified atom stereocenters. The lowest BCUT2D eigenvalue weighted by Gasteiger charge is -2.12. The average molecular weight is 513 g/mol. The van der Waals surface area contributed by atoms with Gasteiger partial charge in [0, 0.05) is 35.3 Å². The Bertz CT molecular complexity index is 1490. The molecule has 0 aliphatic carbocycles. The first-order chi connectivity index (χ1) is 16.8. The molecule has 0 atom stereocenters. The summed E-state index contributed by atoms with van der Waals surface area (Å²) in [5, 5.41) is 16.6. The molecule has 10 nitrogen and oxygen atoms in total. The monoisotopic (exact) mass is 512 g/mol. The highest BCUT2D eigenvalue weighted by atomic mass is 32.2. The number of fused-ring (bicyclic) bond motifs is 1. The van der Waals surface area contributed by atoms with Crippen molar-refractivity contribution < 1.29 is 18.9 Å². The molecule has 4 rings (SSSR count). The predicted octanol–water partition coefficient (Wildman–Crippen LogP) is 4.86. The molecule has 0 bridgehead atoms. The van der Waals surface area contributed by atoms with E-state index in [-0.39, 0.29) is 35.2 Å². The fraction of sp³-hybridized carbons (Fsp3) is 0.174. The summed E-state index contributed by atoms with van der Waals surface area (Å²) in [7, 11) is 1.32. The van der Waals surface area contributed by atoms with Crippen molar-refractivity contribution in [2.75, 3.05) is 18.2 Å². The first kappa shape index (κ1) is 24.2. The van der Waals surface area contributed by atoms with Crippen LogP contribution >= 0.6 is 23.1 Å². The smallest absolute Gasteiger partial charge is 0.311 e. The van der Waals surface area contributed by atoms with Gasteiger partial charge in [0.1, 0.15) is 10.6 Å². The standard InChI is InChI=1S/C23H20N4O6S2/c1-4-7-26-22(29)20-14(17-6-5-8-33-17)11-34-21(20)25-23(26)35-12-19(28)24-15-10-18(32-3)16(27(30)31)9-13(15)2/h4-6,8-11H,1,7,12H2,2-3H3,(H,24,28). The lowest BCUT2D eigenvalue weighted by molar-refractivity contribution is -0.385. The summed E-state index contributed by atoms with van der Waals surface area (Å²) in [6.07, 6.45) is 3.13. The maximum Gasteiger partial charge on any atom is 0.311 e. The summed E-state index contributed by atoms with van der Waals surface area (Å²) >= 11 is 2.43. The van der Waals surface area contributed by atoms with Crippen molar-refractivity contribution in [3.05, 3.63) is 74.6 Å². The van der Waals surface area contributed by atoms with E-state index in [2.05, 4.69) is 16.9 Å². The van der Waals surface area contributed by atoms with Gasteiger partial charge < -0.3 is 14.5 Å². The molecule has 1 aromatic carbocycles. The van der Waals surface area contributed by atoms with Gasteiger partial charge in [-0.3, -0.25) is 24.3 Å².